The van der Waals surface area contributed by atoms with Crippen LogP contribution in [0.15, 0.2) is 34.5 Å². The number of carboxylic acid groups (broad SMARTS) is 1. The van der Waals surface area contributed by atoms with Crippen molar-refractivity contribution in [3.63, 3.8) is 0 Å². The summed E-state index contributed by atoms with van der Waals surface area (Å²) in [4.78, 5) is 10.5. The van der Waals surface area contributed by atoms with E-state index in [1.165, 1.54) is 0 Å². The van der Waals surface area contributed by atoms with E-state index in [0.29, 0.717) is 0 Å². The van der Waals surface area contributed by atoms with Crippen molar-refractivity contribution < 1.29 is 9.90 Å². The number of aromatic carboxylic acids is 1. The van der Waals surface area contributed by atoms with Crippen LogP contribution in [0, 0.1) is 0 Å². The lowest BCUT2D eigenvalue weighted by Crippen LogP contribution is -2.03. The maximum absolute atomic E-state index is 10.5. The van der Waals surface area contributed by atoms with E-state index in [4.69, 9.17) is 5.11 Å². The highest BCUT2D eigenvalue weighted by Crippen LogP contribution is 2.38. The fourth-order valence-electron chi connectivity index (χ4n) is 1.12. The Morgan fingerprint density at radius 3 is 2.23 bits per heavy atom. The summed E-state index contributed by atoms with van der Waals surface area (Å²) in [6, 6.07) is 6.60. The summed E-state index contributed by atoms with van der Waals surface area (Å²) >= 11 is 0. The molecule has 0 amide bonds. The maximum atomic E-state index is 10.5. The average Bonchev–Trinajstić information content (AvgIpc) is 2.85. The summed E-state index contributed by atoms with van der Waals surface area (Å²) in [7, 11) is 0. The molecular weight excluding hydrogens is 168 g/mol. The molecule has 0 spiro atoms. The molecule has 1 heterocycles. The first-order valence-electron chi connectivity index (χ1n) is 3.90. The molecule has 0 bridgehead atoms. The number of benzene rings is 1. The second kappa shape index (κ2) is 2.39. The molecule has 0 aliphatic carbocycles. The van der Waals surface area contributed by atoms with Gasteiger partial charge in [0.25, 0.3) is 0 Å². The van der Waals surface area contributed by atoms with Crippen LogP contribution in [0.25, 0.3) is 0 Å². The smallest absolute Gasteiger partial charge is 0.335 e. The summed E-state index contributed by atoms with van der Waals surface area (Å²) in [5, 5.41) is 16.4. The van der Waals surface area contributed by atoms with Crippen molar-refractivity contribution in [1.82, 2.24) is 0 Å². The lowest BCUT2D eigenvalue weighted by Gasteiger charge is -2.03. The van der Waals surface area contributed by atoms with E-state index < -0.39 is 11.6 Å². The Bertz CT molecular complexity index is 375. The molecule has 4 heteroatoms. The topological polar surface area (TPSA) is 62.0 Å². The fraction of sp³-hybridized carbons (Fsp3) is 0.222. The second-order valence-electron chi connectivity index (χ2n) is 3.10. The number of carboxylic acids is 1. The highest BCUT2D eigenvalue weighted by Gasteiger charge is 2.35. The number of carbonyl (C=O) groups is 1. The van der Waals surface area contributed by atoms with Gasteiger partial charge in [-0.25, -0.2) is 4.79 Å². The van der Waals surface area contributed by atoms with E-state index in [9.17, 15) is 4.79 Å². The van der Waals surface area contributed by atoms with Gasteiger partial charge in [-0.2, -0.15) is 10.2 Å². The highest BCUT2D eigenvalue weighted by molar-refractivity contribution is 5.87. The number of hydrogen-bond acceptors (Lipinski definition) is 3. The van der Waals surface area contributed by atoms with Crippen molar-refractivity contribution in [2.24, 2.45) is 10.2 Å². The summed E-state index contributed by atoms with van der Waals surface area (Å²) in [5.74, 6) is -0.915. The van der Waals surface area contributed by atoms with E-state index >= 15 is 0 Å². The monoisotopic (exact) mass is 176 g/mol. The number of rotatable bonds is 2. The molecule has 1 aliphatic heterocycles. The largest absolute Gasteiger partial charge is 0.478 e. The minimum Gasteiger partial charge on any atom is -0.478 e. The molecule has 0 saturated carbocycles. The normalized spacial score (nSPS) is 17.0. The quantitative estimate of drug-likeness (QED) is 0.749. The second-order valence-corrected chi connectivity index (χ2v) is 3.10. The SMILES string of the molecule is CC1(c2ccc(C(=O)O)cc2)N=N1. The Kier molecular flexibility index (Phi) is 1.45. The Hall–Kier alpha value is -1.71. The Morgan fingerprint density at radius 2 is 1.85 bits per heavy atom. The maximum Gasteiger partial charge on any atom is 0.335 e. The van der Waals surface area contributed by atoms with Gasteiger partial charge in [0.05, 0.1) is 5.56 Å². The Balaban J connectivity index is 2.29. The van der Waals surface area contributed by atoms with Gasteiger partial charge in [-0.1, -0.05) is 12.1 Å². The van der Waals surface area contributed by atoms with Gasteiger partial charge in [-0.05, 0) is 19.1 Å². The van der Waals surface area contributed by atoms with Crippen LogP contribution in [0.2, 0.25) is 0 Å². The van der Waals surface area contributed by atoms with E-state index in [1.54, 1.807) is 24.3 Å². The molecule has 1 aromatic rings. The predicted octanol–water partition coefficient (Wildman–Crippen LogP) is 2.02. The van der Waals surface area contributed by atoms with Gasteiger partial charge < -0.3 is 5.11 Å². The molecule has 0 saturated heterocycles. The minimum atomic E-state index is -0.915. The number of nitrogens with zero attached hydrogens (tertiary/aromatic N) is 2. The fourth-order valence-corrected chi connectivity index (χ4v) is 1.12. The third-order valence-electron chi connectivity index (χ3n) is 2.08. The van der Waals surface area contributed by atoms with E-state index in [-0.39, 0.29) is 5.56 Å². The first kappa shape index (κ1) is 7.91. The zero-order chi connectivity index (χ0) is 9.47. The van der Waals surface area contributed by atoms with Crippen molar-refractivity contribution in [3.8, 4) is 0 Å². The molecule has 66 valence electrons. The van der Waals surface area contributed by atoms with E-state index in [1.807, 2.05) is 6.92 Å². The molecule has 2 rings (SSSR count). The molecule has 0 fully saturated rings. The van der Waals surface area contributed by atoms with Gasteiger partial charge in [0.2, 0.25) is 5.66 Å². The van der Waals surface area contributed by atoms with Crippen molar-refractivity contribution >= 4 is 5.97 Å². The third kappa shape index (κ3) is 1.30. The lowest BCUT2D eigenvalue weighted by molar-refractivity contribution is 0.0697. The van der Waals surface area contributed by atoms with Crippen LogP contribution >= 0.6 is 0 Å². The summed E-state index contributed by atoms with van der Waals surface area (Å²) in [6.07, 6.45) is 0. The van der Waals surface area contributed by atoms with Gasteiger partial charge in [0, 0.05) is 5.56 Å². The molecule has 0 atom stereocenters. The van der Waals surface area contributed by atoms with Crippen LogP contribution in [-0.4, -0.2) is 11.1 Å². The lowest BCUT2D eigenvalue weighted by atomic mass is 10.0. The Morgan fingerprint density at radius 1 is 1.31 bits per heavy atom. The third-order valence-corrected chi connectivity index (χ3v) is 2.08. The van der Waals surface area contributed by atoms with Crippen LogP contribution < -0.4 is 0 Å². The summed E-state index contributed by atoms with van der Waals surface area (Å²) in [5.41, 5.74) is 0.794. The van der Waals surface area contributed by atoms with Gasteiger partial charge in [0.15, 0.2) is 0 Å². The van der Waals surface area contributed by atoms with E-state index in [2.05, 4.69) is 10.2 Å². The van der Waals surface area contributed by atoms with Crippen LogP contribution in [-0.2, 0) is 5.66 Å². The van der Waals surface area contributed by atoms with Crippen LogP contribution in [0.3, 0.4) is 0 Å². The van der Waals surface area contributed by atoms with Crippen molar-refractivity contribution in [2.75, 3.05) is 0 Å². The van der Waals surface area contributed by atoms with Crippen LogP contribution in [0.4, 0.5) is 0 Å². The first-order valence-corrected chi connectivity index (χ1v) is 3.90. The van der Waals surface area contributed by atoms with Crippen LogP contribution in [0.5, 0.6) is 0 Å². The zero-order valence-electron chi connectivity index (χ0n) is 7.06. The predicted molar refractivity (Wildman–Crippen MR) is 45.6 cm³/mol. The highest BCUT2D eigenvalue weighted by atomic mass is 16.4. The molecule has 1 N–H and O–H groups in total. The molecule has 4 nitrogen and oxygen atoms in total. The zero-order valence-corrected chi connectivity index (χ0v) is 7.06. The molecule has 1 aliphatic rings. The van der Waals surface area contributed by atoms with E-state index in [0.717, 1.165) is 5.56 Å². The van der Waals surface area contributed by atoms with Gasteiger partial charge >= 0.3 is 5.97 Å². The molecule has 0 radical (unpaired) electrons. The van der Waals surface area contributed by atoms with Crippen molar-refractivity contribution in [3.05, 3.63) is 35.4 Å². The van der Waals surface area contributed by atoms with Gasteiger partial charge in [0.1, 0.15) is 0 Å². The van der Waals surface area contributed by atoms with Crippen molar-refractivity contribution in [1.29, 1.82) is 0 Å². The van der Waals surface area contributed by atoms with Gasteiger partial charge in [-0.3, -0.25) is 0 Å². The molecule has 13 heavy (non-hydrogen) atoms. The molecule has 0 aromatic heterocycles. The summed E-state index contributed by atoms with van der Waals surface area (Å²) < 4.78 is 0. The van der Waals surface area contributed by atoms with Crippen LogP contribution in [0.1, 0.15) is 22.8 Å². The molecule has 0 unspecified atom stereocenters. The average molecular weight is 176 g/mol. The summed E-state index contributed by atoms with van der Waals surface area (Å²) in [6.45, 7) is 1.88. The molecular formula is C9H8N2O2. The minimum absolute atomic E-state index is 0.285. The van der Waals surface area contributed by atoms with Gasteiger partial charge in [-0.15, -0.1) is 0 Å². The van der Waals surface area contributed by atoms with Crippen molar-refractivity contribution in [2.45, 2.75) is 12.6 Å². The number of hydrogen-bond donors (Lipinski definition) is 1. The molecule has 1 aromatic carbocycles. The first-order chi connectivity index (χ1) is 6.12. The standard InChI is InChI=1S/C9H8N2O2/c1-9(10-11-9)7-4-2-6(3-5-7)8(12)13/h2-5H,1H3,(H,12,13). The Labute approximate surface area is 74.9 Å².